The van der Waals surface area contributed by atoms with Gasteiger partial charge in [-0.1, -0.05) is 6.92 Å². The average molecular weight is 425 g/mol. The Hall–Kier alpha value is -1.67. The number of nitrogens with zero attached hydrogens (tertiary/aromatic N) is 5. The van der Waals surface area contributed by atoms with Crippen LogP contribution in [0.5, 0.6) is 0 Å². The fraction of sp³-hybridized carbons (Fsp3) is 0.800. The van der Waals surface area contributed by atoms with Crippen molar-refractivity contribution in [3.63, 3.8) is 0 Å². The molecule has 29 heavy (non-hydrogen) atoms. The SMILES string of the molecule is CCCC(=O)N1CCCCC1C(=O)N1CCC(c2nnc3n2CCNC3)CC1.Cl. The van der Waals surface area contributed by atoms with Crippen molar-refractivity contribution >= 4 is 24.2 Å². The molecule has 1 aromatic rings. The maximum Gasteiger partial charge on any atom is 0.245 e. The summed E-state index contributed by atoms with van der Waals surface area (Å²) in [5.74, 6) is 2.76. The van der Waals surface area contributed by atoms with Gasteiger partial charge in [0, 0.05) is 45.1 Å². The van der Waals surface area contributed by atoms with E-state index in [1.807, 2.05) is 16.7 Å². The number of carbonyl (C=O) groups is 2. The second kappa shape index (κ2) is 9.89. The lowest BCUT2D eigenvalue weighted by Gasteiger charge is -2.40. The molecular formula is C20H33ClN6O2. The highest BCUT2D eigenvalue weighted by Gasteiger charge is 2.36. The Balaban J connectivity index is 0.00000240. The van der Waals surface area contributed by atoms with Gasteiger partial charge in [0.2, 0.25) is 11.8 Å². The highest BCUT2D eigenvalue weighted by atomic mass is 35.5. The Bertz CT molecular complexity index is 716. The zero-order valence-electron chi connectivity index (χ0n) is 17.3. The Morgan fingerprint density at radius 1 is 1.07 bits per heavy atom. The molecule has 0 spiro atoms. The molecule has 4 heterocycles. The molecule has 0 aliphatic carbocycles. The van der Waals surface area contributed by atoms with E-state index in [1.54, 1.807) is 0 Å². The molecule has 3 aliphatic heterocycles. The van der Waals surface area contributed by atoms with E-state index < -0.39 is 0 Å². The average Bonchev–Trinajstić information content (AvgIpc) is 3.18. The molecule has 0 saturated carbocycles. The van der Waals surface area contributed by atoms with Crippen molar-refractivity contribution in [3.05, 3.63) is 11.6 Å². The van der Waals surface area contributed by atoms with Crippen LogP contribution in [0.25, 0.3) is 0 Å². The summed E-state index contributed by atoms with van der Waals surface area (Å²) < 4.78 is 2.25. The Morgan fingerprint density at radius 3 is 2.62 bits per heavy atom. The Morgan fingerprint density at radius 2 is 1.86 bits per heavy atom. The summed E-state index contributed by atoms with van der Waals surface area (Å²) >= 11 is 0. The molecule has 0 bridgehead atoms. The number of hydrogen-bond donors (Lipinski definition) is 1. The van der Waals surface area contributed by atoms with Crippen LogP contribution in [0.15, 0.2) is 0 Å². The number of piperidine rings is 2. The molecule has 0 radical (unpaired) electrons. The van der Waals surface area contributed by atoms with Crippen molar-refractivity contribution in [3.8, 4) is 0 Å². The van der Waals surface area contributed by atoms with E-state index in [0.717, 1.165) is 89.4 Å². The van der Waals surface area contributed by atoms with E-state index in [-0.39, 0.29) is 30.3 Å². The van der Waals surface area contributed by atoms with Crippen molar-refractivity contribution in [1.29, 1.82) is 0 Å². The smallest absolute Gasteiger partial charge is 0.245 e. The molecule has 1 atom stereocenters. The standard InChI is InChI=1S/C20H32N6O2.ClH/c1-2-5-18(27)25-10-4-3-6-16(25)20(28)24-11-7-15(8-12-24)19-23-22-17-14-21-9-13-26(17)19;/h15-16,21H,2-14H2,1H3;1H. The highest BCUT2D eigenvalue weighted by molar-refractivity contribution is 5.88. The molecule has 3 aliphatic rings. The number of likely N-dealkylation sites (tertiary alicyclic amines) is 2. The first-order valence-corrected chi connectivity index (χ1v) is 10.9. The topological polar surface area (TPSA) is 83.4 Å². The maximum absolute atomic E-state index is 13.2. The Kier molecular flexibility index (Phi) is 7.51. The van der Waals surface area contributed by atoms with Crippen molar-refractivity contribution in [1.82, 2.24) is 29.9 Å². The van der Waals surface area contributed by atoms with E-state index in [1.165, 1.54) is 0 Å². The quantitative estimate of drug-likeness (QED) is 0.795. The van der Waals surface area contributed by atoms with Gasteiger partial charge in [-0.2, -0.15) is 0 Å². The van der Waals surface area contributed by atoms with Gasteiger partial charge >= 0.3 is 0 Å². The summed E-state index contributed by atoms with van der Waals surface area (Å²) in [4.78, 5) is 29.5. The fourth-order valence-electron chi connectivity index (χ4n) is 4.83. The largest absolute Gasteiger partial charge is 0.341 e. The first kappa shape index (κ1) is 22.0. The second-order valence-corrected chi connectivity index (χ2v) is 8.25. The van der Waals surface area contributed by atoms with Gasteiger partial charge in [0.1, 0.15) is 17.7 Å². The molecule has 4 rings (SSSR count). The summed E-state index contributed by atoms with van der Waals surface area (Å²) in [6.07, 6.45) is 6.06. The van der Waals surface area contributed by atoms with Crippen LogP contribution in [0.2, 0.25) is 0 Å². The lowest BCUT2D eigenvalue weighted by atomic mass is 9.94. The third-order valence-electron chi connectivity index (χ3n) is 6.40. The first-order valence-electron chi connectivity index (χ1n) is 10.9. The number of rotatable bonds is 4. The van der Waals surface area contributed by atoms with Gasteiger partial charge in [-0.05, 0) is 38.5 Å². The number of aromatic nitrogens is 3. The molecule has 1 unspecified atom stereocenters. The minimum absolute atomic E-state index is 0. The molecule has 2 amide bonds. The molecule has 0 aromatic carbocycles. The highest BCUT2D eigenvalue weighted by Crippen LogP contribution is 2.29. The van der Waals surface area contributed by atoms with Crippen LogP contribution in [-0.2, 0) is 22.7 Å². The number of nitrogens with one attached hydrogen (secondary N) is 1. The van der Waals surface area contributed by atoms with Crippen LogP contribution >= 0.6 is 12.4 Å². The van der Waals surface area contributed by atoms with E-state index in [0.29, 0.717) is 12.3 Å². The van der Waals surface area contributed by atoms with Crippen LogP contribution in [-0.4, -0.2) is 68.6 Å². The summed E-state index contributed by atoms with van der Waals surface area (Å²) in [5, 5.41) is 12.1. The van der Waals surface area contributed by atoms with Crippen LogP contribution in [0, 0.1) is 0 Å². The molecule has 8 nitrogen and oxygen atoms in total. The number of fused-ring (bicyclic) bond motifs is 1. The minimum Gasteiger partial charge on any atom is -0.341 e. The lowest BCUT2D eigenvalue weighted by Crippen LogP contribution is -2.54. The molecule has 9 heteroatoms. The van der Waals surface area contributed by atoms with E-state index in [9.17, 15) is 9.59 Å². The van der Waals surface area contributed by atoms with Crippen LogP contribution < -0.4 is 5.32 Å². The zero-order valence-corrected chi connectivity index (χ0v) is 18.1. The molecule has 1 N–H and O–H groups in total. The van der Waals surface area contributed by atoms with Crippen molar-refractivity contribution in [2.45, 2.75) is 76.9 Å². The first-order chi connectivity index (χ1) is 13.7. The lowest BCUT2D eigenvalue weighted by molar-refractivity contribution is -0.148. The van der Waals surface area contributed by atoms with Crippen molar-refractivity contribution in [2.75, 3.05) is 26.2 Å². The fourth-order valence-corrected chi connectivity index (χ4v) is 4.83. The summed E-state index contributed by atoms with van der Waals surface area (Å²) in [6.45, 7) is 6.90. The Labute approximate surface area is 178 Å². The van der Waals surface area contributed by atoms with E-state index in [2.05, 4.69) is 20.1 Å². The number of halogens is 1. The monoisotopic (exact) mass is 424 g/mol. The number of carbonyl (C=O) groups excluding carboxylic acids is 2. The minimum atomic E-state index is -0.253. The normalized spacial score (nSPS) is 22.7. The third kappa shape index (κ3) is 4.58. The summed E-state index contributed by atoms with van der Waals surface area (Å²) in [5.41, 5.74) is 0. The van der Waals surface area contributed by atoms with Gasteiger partial charge in [-0.15, -0.1) is 22.6 Å². The van der Waals surface area contributed by atoms with E-state index >= 15 is 0 Å². The molecule has 162 valence electrons. The molecule has 2 saturated heterocycles. The van der Waals surface area contributed by atoms with Gasteiger partial charge < -0.3 is 19.7 Å². The van der Waals surface area contributed by atoms with Gasteiger partial charge in [0.15, 0.2) is 0 Å². The molecular weight excluding hydrogens is 392 g/mol. The number of hydrogen-bond acceptors (Lipinski definition) is 5. The van der Waals surface area contributed by atoms with Crippen LogP contribution in [0.1, 0.15) is 69.4 Å². The van der Waals surface area contributed by atoms with Crippen LogP contribution in [0.3, 0.4) is 0 Å². The summed E-state index contributed by atoms with van der Waals surface area (Å²) in [6, 6.07) is -0.253. The predicted octanol–water partition coefficient (Wildman–Crippen LogP) is 1.69. The zero-order chi connectivity index (χ0) is 19.5. The van der Waals surface area contributed by atoms with Crippen molar-refractivity contribution < 1.29 is 9.59 Å². The van der Waals surface area contributed by atoms with Gasteiger partial charge in [-0.3, -0.25) is 9.59 Å². The summed E-state index contributed by atoms with van der Waals surface area (Å²) in [7, 11) is 0. The maximum atomic E-state index is 13.2. The number of amides is 2. The van der Waals surface area contributed by atoms with E-state index in [4.69, 9.17) is 0 Å². The third-order valence-corrected chi connectivity index (χ3v) is 6.40. The van der Waals surface area contributed by atoms with Gasteiger partial charge in [-0.25, -0.2) is 0 Å². The van der Waals surface area contributed by atoms with Crippen LogP contribution in [0.4, 0.5) is 0 Å². The van der Waals surface area contributed by atoms with Gasteiger partial charge in [0.05, 0.1) is 6.54 Å². The van der Waals surface area contributed by atoms with Crippen molar-refractivity contribution in [2.24, 2.45) is 0 Å². The predicted molar refractivity (Wildman–Crippen MR) is 112 cm³/mol. The van der Waals surface area contributed by atoms with Gasteiger partial charge in [0.25, 0.3) is 0 Å². The molecule has 1 aromatic heterocycles. The molecule has 2 fully saturated rings. The second-order valence-electron chi connectivity index (χ2n) is 8.25.